The predicted octanol–water partition coefficient (Wildman–Crippen LogP) is 2.54. The highest BCUT2D eigenvalue weighted by Gasteiger charge is 2.21. The van der Waals surface area contributed by atoms with Gasteiger partial charge in [0.25, 0.3) is 0 Å². The van der Waals surface area contributed by atoms with Gasteiger partial charge in [-0.2, -0.15) is 0 Å². The molecule has 1 aromatic heterocycles. The minimum absolute atomic E-state index is 0.266. The van der Waals surface area contributed by atoms with Crippen LogP contribution in [-0.4, -0.2) is 54.5 Å². The van der Waals surface area contributed by atoms with Gasteiger partial charge in [0.1, 0.15) is 5.82 Å². The average molecular weight is 421 g/mol. The Labute approximate surface area is 184 Å². The van der Waals surface area contributed by atoms with Crippen LogP contribution in [0.25, 0.3) is 0 Å². The van der Waals surface area contributed by atoms with E-state index >= 15 is 0 Å². The third-order valence-electron chi connectivity index (χ3n) is 6.03. The molecule has 1 amide bonds. The molecule has 0 atom stereocenters. The average Bonchev–Trinajstić information content (AvgIpc) is 3.22. The number of hydrogen-bond donors (Lipinski definition) is 2. The Kier molecular flexibility index (Phi) is 7.02. The van der Waals surface area contributed by atoms with E-state index in [0.717, 1.165) is 50.7 Å². The fraction of sp³-hybridized carbons (Fsp3) is 0.458. The molecule has 0 radical (unpaired) electrons. The number of guanidine groups is 1. The highest BCUT2D eigenvalue weighted by molar-refractivity contribution is 5.80. The lowest BCUT2D eigenvalue weighted by atomic mass is 10.1. The zero-order valence-electron chi connectivity index (χ0n) is 18.3. The number of anilines is 1. The van der Waals surface area contributed by atoms with Crippen molar-refractivity contribution in [1.29, 1.82) is 0 Å². The summed E-state index contributed by atoms with van der Waals surface area (Å²) in [7, 11) is 1.81. The fourth-order valence-electron chi connectivity index (χ4n) is 4.30. The topological polar surface area (TPSA) is 72.9 Å². The number of amides is 1. The minimum Gasteiger partial charge on any atom is -0.356 e. The van der Waals surface area contributed by atoms with E-state index in [0.29, 0.717) is 25.6 Å². The van der Waals surface area contributed by atoms with Gasteiger partial charge in [-0.25, -0.2) is 4.98 Å². The van der Waals surface area contributed by atoms with Crippen LogP contribution in [-0.2, 0) is 17.9 Å². The van der Waals surface area contributed by atoms with Crippen molar-refractivity contribution in [2.45, 2.75) is 44.8 Å². The Morgan fingerprint density at radius 2 is 1.97 bits per heavy atom. The second-order valence-electron chi connectivity index (χ2n) is 8.26. The first-order valence-corrected chi connectivity index (χ1v) is 11.2. The molecule has 0 bridgehead atoms. The normalized spacial score (nSPS) is 17.8. The van der Waals surface area contributed by atoms with E-state index in [4.69, 9.17) is 0 Å². The highest BCUT2D eigenvalue weighted by atomic mass is 16.2. The molecule has 2 aliphatic heterocycles. The van der Waals surface area contributed by atoms with Crippen LogP contribution in [0.5, 0.6) is 0 Å². The summed E-state index contributed by atoms with van der Waals surface area (Å²) in [5, 5.41) is 7.00. The van der Waals surface area contributed by atoms with Crippen LogP contribution < -0.4 is 15.5 Å². The monoisotopic (exact) mass is 420 g/mol. The van der Waals surface area contributed by atoms with Crippen LogP contribution in [0.15, 0.2) is 53.7 Å². The van der Waals surface area contributed by atoms with Gasteiger partial charge in [0.15, 0.2) is 5.96 Å². The molecular weight excluding hydrogens is 388 g/mol. The van der Waals surface area contributed by atoms with E-state index in [2.05, 4.69) is 55.8 Å². The van der Waals surface area contributed by atoms with E-state index in [1.54, 1.807) is 0 Å². The quantitative estimate of drug-likeness (QED) is 0.555. The summed E-state index contributed by atoms with van der Waals surface area (Å²) in [5.74, 6) is 2.15. The number of pyridine rings is 1. The van der Waals surface area contributed by atoms with Crippen LogP contribution in [0.3, 0.4) is 0 Å². The molecule has 164 valence electrons. The Morgan fingerprint density at radius 3 is 2.68 bits per heavy atom. The SMILES string of the molecule is CN=C(NCc1cccc(CN2CCCC2=O)c1)NC1CCN(c2ccccn2)CC1. The molecule has 7 heteroatoms. The number of nitrogens with zero attached hydrogens (tertiary/aromatic N) is 4. The van der Waals surface area contributed by atoms with Crippen molar-refractivity contribution in [3.63, 3.8) is 0 Å². The van der Waals surface area contributed by atoms with Crippen LogP contribution >= 0.6 is 0 Å². The second-order valence-corrected chi connectivity index (χ2v) is 8.26. The summed E-state index contributed by atoms with van der Waals surface area (Å²) in [5.41, 5.74) is 2.37. The number of hydrogen-bond acceptors (Lipinski definition) is 4. The standard InChI is InChI=1S/C24H32N6O/c1-25-24(28-21-10-14-29(15-11-21)22-8-2-3-12-26-22)27-17-19-6-4-7-20(16-19)18-30-13-5-9-23(30)31/h2-4,6-8,12,16,21H,5,9-11,13-15,17-18H2,1H3,(H2,25,27,28). The first-order valence-electron chi connectivity index (χ1n) is 11.2. The molecule has 0 aliphatic carbocycles. The summed E-state index contributed by atoms with van der Waals surface area (Å²) in [4.78, 5) is 25.0. The van der Waals surface area contributed by atoms with Gasteiger partial charge in [0.2, 0.25) is 5.91 Å². The lowest BCUT2D eigenvalue weighted by Gasteiger charge is -2.33. The summed E-state index contributed by atoms with van der Waals surface area (Å²) >= 11 is 0. The maximum absolute atomic E-state index is 11.9. The fourth-order valence-corrected chi connectivity index (χ4v) is 4.30. The lowest BCUT2D eigenvalue weighted by Crippen LogP contribution is -2.48. The highest BCUT2D eigenvalue weighted by Crippen LogP contribution is 2.17. The van der Waals surface area contributed by atoms with Crippen molar-refractivity contribution < 1.29 is 4.79 Å². The summed E-state index contributed by atoms with van der Waals surface area (Å²) in [6, 6.07) is 14.9. The Balaban J connectivity index is 1.25. The molecular formula is C24H32N6O. The number of benzene rings is 1. The first kappa shape index (κ1) is 21.2. The Bertz CT molecular complexity index is 892. The smallest absolute Gasteiger partial charge is 0.222 e. The minimum atomic E-state index is 0.266. The van der Waals surface area contributed by atoms with E-state index in [9.17, 15) is 4.79 Å². The van der Waals surface area contributed by atoms with E-state index in [-0.39, 0.29) is 5.91 Å². The zero-order chi connectivity index (χ0) is 21.5. The van der Waals surface area contributed by atoms with Crippen molar-refractivity contribution in [1.82, 2.24) is 20.5 Å². The molecule has 2 N–H and O–H groups in total. The van der Waals surface area contributed by atoms with Gasteiger partial charge < -0.3 is 20.4 Å². The molecule has 0 spiro atoms. The van der Waals surface area contributed by atoms with Crippen molar-refractivity contribution in [2.75, 3.05) is 31.6 Å². The van der Waals surface area contributed by atoms with Crippen LogP contribution in [0.1, 0.15) is 36.8 Å². The third-order valence-corrected chi connectivity index (χ3v) is 6.03. The molecule has 7 nitrogen and oxygen atoms in total. The van der Waals surface area contributed by atoms with Gasteiger partial charge in [-0.05, 0) is 42.5 Å². The molecule has 2 fully saturated rings. The van der Waals surface area contributed by atoms with Gasteiger partial charge in [0.05, 0.1) is 0 Å². The van der Waals surface area contributed by atoms with Gasteiger partial charge >= 0.3 is 0 Å². The number of piperidine rings is 1. The van der Waals surface area contributed by atoms with E-state index < -0.39 is 0 Å². The molecule has 4 rings (SSSR count). The first-order chi connectivity index (χ1) is 15.2. The van der Waals surface area contributed by atoms with Gasteiger partial charge in [-0.3, -0.25) is 9.79 Å². The van der Waals surface area contributed by atoms with Crippen LogP contribution in [0.4, 0.5) is 5.82 Å². The lowest BCUT2D eigenvalue weighted by molar-refractivity contribution is -0.128. The van der Waals surface area contributed by atoms with Gasteiger partial charge in [0, 0.05) is 58.4 Å². The van der Waals surface area contributed by atoms with Crippen molar-refractivity contribution in [3.05, 3.63) is 59.8 Å². The second kappa shape index (κ2) is 10.3. The molecule has 0 saturated carbocycles. The number of carbonyl (C=O) groups is 1. The van der Waals surface area contributed by atoms with E-state index in [1.165, 1.54) is 11.1 Å². The zero-order valence-corrected chi connectivity index (χ0v) is 18.3. The number of aliphatic imine (C=N–C) groups is 1. The molecule has 31 heavy (non-hydrogen) atoms. The number of likely N-dealkylation sites (tertiary alicyclic amines) is 1. The third kappa shape index (κ3) is 5.75. The number of rotatable bonds is 6. The van der Waals surface area contributed by atoms with Gasteiger partial charge in [-0.1, -0.05) is 30.3 Å². The van der Waals surface area contributed by atoms with Crippen LogP contribution in [0, 0.1) is 0 Å². The largest absolute Gasteiger partial charge is 0.356 e. The molecule has 2 aliphatic rings. The number of carbonyl (C=O) groups excluding carboxylic acids is 1. The number of nitrogens with one attached hydrogen (secondary N) is 2. The maximum atomic E-state index is 11.9. The maximum Gasteiger partial charge on any atom is 0.222 e. The van der Waals surface area contributed by atoms with Crippen LogP contribution in [0.2, 0.25) is 0 Å². The molecule has 1 aromatic carbocycles. The summed E-state index contributed by atoms with van der Waals surface area (Å²) in [6.45, 7) is 4.26. The predicted molar refractivity (Wildman–Crippen MR) is 124 cm³/mol. The molecule has 0 unspecified atom stereocenters. The molecule has 2 aromatic rings. The Morgan fingerprint density at radius 1 is 1.13 bits per heavy atom. The van der Waals surface area contributed by atoms with Crippen molar-refractivity contribution in [2.24, 2.45) is 4.99 Å². The summed E-state index contributed by atoms with van der Waals surface area (Å²) < 4.78 is 0. The van der Waals surface area contributed by atoms with Crippen molar-refractivity contribution >= 4 is 17.7 Å². The molecule has 3 heterocycles. The number of aromatic nitrogens is 1. The van der Waals surface area contributed by atoms with E-state index in [1.807, 2.05) is 30.3 Å². The Hall–Kier alpha value is -3.09. The van der Waals surface area contributed by atoms with Gasteiger partial charge in [-0.15, -0.1) is 0 Å². The van der Waals surface area contributed by atoms with Crippen molar-refractivity contribution in [3.8, 4) is 0 Å². The molecule has 2 saturated heterocycles. The summed E-state index contributed by atoms with van der Waals surface area (Å²) in [6.07, 6.45) is 5.61.